The van der Waals surface area contributed by atoms with Gasteiger partial charge in [-0.05, 0) is 19.8 Å². The minimum atomic E-state index is -0.338. The van der Waals surface area contributed by atoms with Crippen molar-refractivity contribution < 1.29 is 14.3 Å². The minimum Gasteiger partial charge on any atom is -0.469 e. The third kappa shape index (κ3) is 6.22. The van der Waals surface area contributed by atoms with Crippen LogP contribution >= 0.6 is 0 Å². The van der Waals surface area contributed by atoms with E-state index in [4.69, 9.17) is 0 Å². The number of nitrogens with zero attached hydrogens (tertiary/aromatic N) is 1. The molecule has 0 spiro atoms. The molecule has 0 aliphatic carbocycles. The predicted molar refractivity (Wildman–Crippen MR) is 62.9 cm³/mol. The molecule has 4 heteroatoms. The molecule has 0 atom stereocenters. The second-order valence-electron chi connectivity index (χ2n) is 3.48. The molecule has 0 radical (unpaired) electrons. The molecule has 0 aromatic heterocycles. The van der Waals surface area contributed by atoms with Crippen LogP contribution in [0, 0.1) is 0 Å². The summed E-state index contributed by atoms with van der Waals surface area (Å²) in [6.07, 6.45) is 4.05. The molecule has 0 saturated heterocycles. The molecule has 4 nitrogen and oxygen atoms in total. The third-order valence-corrected chi connectivity index (χ3v) is 2.34. The van der Waals surface area contributed by atoms with E-state index in [0.717, 1.165) is 19.4 Å². The Hall–Kier alpha value is -1.32. The maximum absolute atomic E-state index is 11.7. The second-order valence-corrected chi connectivity index (χ2v) is 3.48. The summed E-state index contributed by atoms with van der Waals surface area (Å²) in [5, 5.41) is 0. The Labute approximate surface area is 97.3 Å². The standard InChI is InChI=1S/C12H21NO3/c1-4-6-7-10-13(5-2)11(14)8-9-12(15)16-3/h4H,1,5-10H2,2-3H3. The van der Waals surface area contributed by atoms with Crippen LogP contribution in [-0.4, -0.2) is 37.0 Å². The highest BCUT2D eigenvalue weighted by atomic mass is 16.5. The van der Waals surface area contributed by atoms with E-state index >= 15 is 0 Å². The lowest BCUT2D eigenvalue weighted by atomic mass is 10.2. The summed E-state index contributed by atoms with van der Waals surface area (Å²) in [5.74, 6) is -0.326. The Morgan fingerprint density at radius 1 is 1.38 bits per heavy atom. The van der Waals surface area contributed by atoms with Gasteiger partial charge in [0.25, 0.3) is 0 Å². The zero-order chi connectivity index (χ0) is 12.4. The van der Waals surface area contributed by atoms with Crippen LogP contribution in [0.2, 0.25) is 0 Å². The number of amides is 1. The van der Waals surface area contributed by atoms with Gasteiger partial charge in [-0.3, -0.25) is 9.59 Å². The SMILES string of the molecule is C=CCCCN(CC)C(=O)CCC(=O)OC. The molecule has 1 amide bonds. The van der Waals surface area contributed by atoms with Crippen LogP contribution in [0.1, 0.15) is 32.6 Å². The number of unbranched alkanes of at least 4 members (excludes halogenated alkanes) is 1. The highest BCUT2D eigenvalue weighted by Gasteiger charge is 2.12. The van der Waals surface area contributed by atoms with Crippen LogP contribution in [0.3, 0.4) is 0 Å². The summed E-state index contributed by atoms with van der Waals surface area (Å²) >= 11 is 0. The summed E-state index contributed by atoms with van der Waals surface area (Å²) in [4.78, 5) is 24.3. The largest absolute Gasteiger partial charge is 0.469 e. The lowest BCUT2D eigenvalue weighted by Crippen LogP contribution is -2.32. The first-order valence-corrected chi connectivity index (χ1v) is 5.61. The smallest absolute Gasteiger partial charge is 0.306 e. The fraction of sp³-hybridized carbons (Fsp3) is 0.667. The maximum atomic E-state index is 11.7. The van der Waals surface area contributed by atoms with Gasteiger partial charge in [-0.15, -0.1) is 6.58 Å². The van der Waals surface area contributed by atoms with Crippen molar-refractivity contribution in [1.29, 1.82) is 0 Å². The summed E-state index contributed by atoms with van der Waals surface area (Å²) in [6, 6.07) is 0. The lowest BCUT2D eigenvalue weighted by molar-refractivity contribution is -0.143. The van der Waals surface area contributed by atoms with Gasteiger partial charge in [-0.1, -0.05) is 6.08 Å². The quantitative estimate of drug-likeness (QED) is 0.360. The average molecular weight is 227 g/mol. The first kappa shape index (κ1) is 14.7. The number of carbonyl (C=O) groups excluding carboxylic acids is 2. The van der Waals surface area contributed by atoms with Gasteiger partial charge in [-0.2, -0.15) is 0 Å². The van der Waals surface area contributed by atoms with Crippen molar-refractivity contribution >= 4 is 11.9 Å². The van der Waals surface area contributed by atoms with Gasteiger partial charge in [0.2, 0.25) is 5.91 Å². The first-order valence-electron chi connectivity index (χ1n) is 5.61. The normalized spacial score (nSPS) is 9.62. The minimum absolute atomic E-state index is 0.0111. The van der Waals surface area contributed by atoms with E-state index in [1.54, 1.807) is 4.90 Å². The number of hydrogen-bond acceptors (Lipinski definition) is 3. The molecular weight excluding hydrogens is 206 g/mol. The van der Waals surface area contributed by atoms with Crippen LogP contribution in [0.15, 0.2) is 12.7 Å². The Morgan fingerprint density at radius 2 is 2.06 bits per heavy atom. The van der Waals surface area contributed by atoms with Crippen LogP contribution in [0.25, 0.3) is 0 Å². The number of esters is 1. The van der Waals surface area contributed by atoms with Gasteiger partial charge in [0.15, 0.2) is 0 Å². The van der Waals surface area contributed by atoms with E-state index in [9.17, 15) is 9.59 Å². The molecule has 0 rings (SSSR count). The van der Waals surface area contributed by atoms with Crippen molar-refractivity contribution in [3.05, 3.63) is 12.7 Å². The predicted octanol–water partition coefficient (Wildman–Crippen LogP) is 1.75. The van der Waals surface area contributed by atoms with E-state index in [-0.39, 0.29) is 24.7 Å². The van der Waals surface area contributed by atoms with Crippen molar-refractivity contribution in [3.63, 3.8) is 0 Å². The Balaban J connectivity index is 3.90. The molecule has 0 aromatic rings. The molecule has 0 N–H and O–H groups in total. The summed E-state index contributed by atoms with van der Waals surface area (Å²) < 4.78 is 4.49. The number of hydrogen-bond donors (Lipinski definition) is 0. The topological polar surface area (TPSA) is 46.6 Å². The van der Waals surface area contributed by atoms with Crippen molar-refractivity contribution in [2.75, 3.05) is 20.2 Å². The van der Waals surface area contributed by atoms with Gasteiger partial charge in [0, 0.05) is 19.5 Å². The molecular formula is C12H21NO3. The maximum Gasteiger partial charge on any atom is 0.306 e. The summed E-state index contributed by atoms with van der Waals surface area (Å²) in [7, 11) is 1.33. The Kier molecular flexibility index (Phi) is 8.21. The van der Waals surface area contributed by atoms with E-state index in [0.29, 0.717) is 6.54 Å². The molecule has 0 bridgehead atoms. The number of methoxy groups -OCH3 is 1. The number of allylic oxidation sites excluding steroid dienone is 1. The van der Waals surface area contributed by atoms with Gasteiger partial charge in [0.05, 0.1) is 13.5 Å². The van der Waals surface area contributed by atoms with Crippen LogP contribution < -0.4 is 0 Å². The van der Waals surface area contributed by atoms with Gasteiger partial charge >= 0.3 is 5.97 Å². The zero-order valence-electron chi connectivity index (χ0n) is 10.2. The molecule has 92 valence electrons. The fourth-order valence-electron chi connectivity index (χ4n) is 1.35. The molecule has 0 aliphatic heterocycles. The fourth-order valence-corrected chi connectivity index (χ4v) is 1.35. The van der Waals surface area contributed by atoms with Crippen molar-refractivity contribution in [2.45, 2.75) is 32.6 Å². The summed E-state index contributed by atoms with van der Waals surface area (Å²) in [5.41, 5.74) is 0. The van der Waals surface area contributed by atoms with Gasteiger partial charge < -0.3 is 9.64 Å². The number of rotatable bonds is 8. The molecule has 0 unspecified atom stereocenters. The van der Waals surface area contributed by atoms with Crippen LogP contribution in [0.5, 0.6) is 0 Å². The Morgan fingerprint density at radius 3 is 2.56 bits per heavy atom. The first-order chi connectivity index (χ1) is 7.65. The number of ether oxygens (including phenoxy) is 1. The van der Waals surface area contributed by atoms with Crippen LogP contribution in [-0.2, 0) is 14.3 Å². The van der Waals surface area contributed by atoms with Gasteiger partial charge in [-0.25, -0.2) is 0 Å². The number of carbonyl (C=O) groups is 2. The third-order valence-electron chi connectivity index (χ3n) is 2.34. The summed E-state index contributed by atoms with van der Waals surface area (Å²) in [6.45, 7) is 6.97. The highest BCUT2D eigenvalue weighted by Crippen LogP contribution is 2.02. The zero-order valence-corrected chi connectivity index (χ0v) is 10.2. The lowest BCUT2D eigenvalue weighted by Gasteiger charge is -2.20. The molecule has 0 aliphatic rings. The molecule has 0 heterocycles. The van der Waals surface area contributed by atoms with Crippen molar-refractivity contribution in [3.8, 4) is 0 Å². The average Bonchev–Trinajstić information content (AvgIpc) is 2.31. The van der Waals surface area contributed by atoms with Crippen LogP contribution in [0.4, 0.5) is 0 Å². The Bertz CT molecular complexity index is 238. The van der Waals surface area contributed by atoms with E-state index in [2.05, 4.69) is 11.3 Å². The monoisotopic (exact) mass is 227 g/mol. The highest BCUT2D eigenvalue weighted by molar-refractivity contribution is 5.81. The van der Waals surface area contributed by atoms with Crippen molar-refractivity contribution in [2.24, 2.45) is 0 Å². The van der Waals surface area contributed by atoms with Crippen molar-refractivity contribution in [1.82, 2.24) is 4.90 Å². The second kappa shape index (κ2) is 8.95. The van der Waals surface area contributed by atoms with E-state index in [1.165, 1.54) is 7.11 Å². The molecule has 0 aromatic carbocycles. The molecule has 0 saturated carbocycles. The van der Waals surface area contributed by atoms with E-state index in [1.807, 2.05) is 13.0 Å². The molecule has 16 heavy (non-hydrogen) atoms. The molecule has 0 fully saturated rings. The van der Waals surface area contributed by atoms with E-state index < -0.39 is 0 Å². The van der Waals surface area contributed by atoms with Gasteiger partial charge in [0.1, 0.15) is 0 Å².